The first kappa shape index (κ1) is 8.37. The van der Waals surface area contributed by atoms with Gasteiger partial charge >= 0.3 is 0 Å². The monoisotopic (exact) mass is 171 g/mol. The van der Waals surface area contributed by atoms with E-state index in [9.17, 15) is 5.11 Å². The van der Waals surface area contributed by atoms with Crippen LogP contribution in [0.4, 0.5) is 0 Å². The molecule has 0 aliphatic rings. The number of aryl methyl sites for hydroxylation is 1. The van der Waals surface area contributed by atoms with Crippen molar-refractivity contribution in [3.63, 3.8) is 0 Å². The highest BCUT2D eigenvalue weighted by molar-refractivity contribution is 6.32. The van der Waals surface area contributed by atoms with Gasteiger partial charge in [-0.15, -0.1) is 0 Å². The molecule has 3 heteroatoms. The predicted molar refractivity (Wildman–Crippen MR) is 45.7 cm³/mol. The fourth-order valence-corrected chi connectivity index (χ4v) is 1.05. The number of hydrogen-bond acceptors (Lipinski definition) is 2. The summed E-state index contributed by atoms with van der Waals surface area (Å²) >= 11 is 5.72. The standard InChI is InChI=1S/C8H10ClNO/c1-5-2-6(4-10)3-7(11)8(5)9/h2-3,11H,4,10H2,1H3. The molecule has 0 saturated carbocycles. The summed E-state index contributed by atoms with van der Waals surface area (Å²) in [6.07, 6.45) is 0. The van der Waals surface area contributed by atoms with E-state index in [1.54, 1.807) is 6.07 Å². The van der Waals surface area contributed by atoms with Crippen LogP contribution in [0.3, 0.4) is 0 Å². The van der Waals surface area contributed by atoms with Crippen molar-refractivity contribution in [3.8, 4) is 5.75 Å². The minimum Gasteiger partial charge on any atom is -0.506 e. The number of halogens is 1. The average molecular weight is 172 g/mol. The van der Waals surface area contributed by atoms with Crippen LogP contribution in [0.15, 0.2) is 12.1 Å². The summed E-state index contributed by atoms with van der Waals surface area (Å²) in [5.74, 6) is 0.104. The first-order chi connectivity index (χ1) is 5.15. The number of phenolic OH excluding ortho intramolecular Hbond substituents is 1. The number of nitrogens with two attached hydrogens (primary N) is 1. The lowest BCUT2D eigenvalue weighted by molar-refractivity contribution is 0.474. The Morgan fingerprint density at radius 2 is 2.18 bits per heavy atom. The highest BCUT2D eigenvalue weighted by Gasteiger charge is 2.02. The zero-order chi connectivity index (χ0) is 8.43. The highest BCUT2D eigenvalue weighted by Crippen LogP contribution is 2.27. The Morgan fingerprint density at radius 3 is 2.64 bits per heavy atom. The van der Waals surface area contributed by atoms with Crippen molar-refractivity contribution in [1.82, 2.24) is 0 Å². The van der Waals surface area contributed by atoms with Crippen LogP contribution in [0.25, 0.3) is 0 Å². The van der Waals surface area contributed by atoms with Crippen molar-refractivity contribution < 1.29 is 5.11 Å². The molecule has 0 heterocycles. The fraction of sp³-hybridized carbons (Fsp3) is 0.250. The van der Waals surface area contributed by atoms with Crippen LogP contribution in [-0.2, 0) is 6.54 Å². The maximum Gasteiger partial charge on any atom is 0.134 e. The van der Waals surface area contributed by atoms with Gasteiger partial charge in [-0.2, -0.15) is 0 Å². The second-order valence-electron chi connectivity index (χ2n) is 2.45. The van der Waals surface area contributed by atoms with Gasteiger partial charge < -0.3 is 10.8 Å². The Bertz CT molecular complexity index is 250. The molecule has 0 bridgehead atoms. The Labute approximate surface area is 70.6 Å². The zero-order valence-corrected chi connectivity index (χ0v) is 7.02. The molecule has 0 unspecified atom stereocenters. The van der Waals surface area contributed by atoms with Gasteiger partial charge in [0.05, 0.1) is 5.02 Å². The third-order valence-electron chi connectivity index (χ3n) is 1.53. The van der Waals surface area contributed by atoms with Gasteiger partial charge in [-0.3, -0.25) is 0 Å². The smallest absolute Gasteiger partial charge is 0.134 e. The minimum atomic E-state index is 0.104. The molecule has 0 aliphatic heterocycles. The molecule has 11 heavy (non-hydrogen) atoms. The van der Waals surface area contributed by atoms with E-state index >= 15 is 0 Å². The average Bonchev–Trinajstić information content (AvgIpc) is 1.99. The molecule has 1 rings (SSSR count). The summed E-state index contributed by atoms with van der Waals surface area (Å²) in [4.78, 5) is 0. The topological polar surface area (TPSA) is 46.2 Å². The Morgan fingerprint density at radius 1 is 1.55 bits per heavy atom. The third kappa shape index (κ3) is 1.64. The van der Waals surface area contributed by atoms with E-state index < -0.39 is 0 Å². The van der Waals surface area contributed by atoms with Gasteiger partial charge in [-0.25, -0.2) is 0 Å². The second kappa shape index (κ2) is 3.11. The molecule has 0 amide bonds. The lowest BCUT2D eigenvalue weighted by atomic mass is 10.1. The maximum atomic E-state index is 9.22. The fourth-order valence-electron chi connectivity index (χ4n) is 0.942. The molecular weight excluding hydrogens is 162 g/mol. The lowest BCUT2D eigenvalue weighted by Crippen LogP contribution is -1.96. The maximum absolute atomic E-state index is 9.22. The van der Waals surface area contributed by atoms with E-state index in [-0.39, 0.29) is 5.75 Å². The van der Waals surface area contributed by atoms with Crippen LogP contribution in [0.1, 0.15) is 11.1 Å². The van der Waals surface area contributed by atoms with Crippen LogP contribution in [0, 0.1) is 6.92 Å². The van der Waals surface area contributed by atoms with E-state index in [4.69, 9.17) is 17.3 Å². The largest absolute Gasteiger partial charge is 0.506 e. The van der Waals surface area contributed by atoms with Crippen molar-refractivity contribution in [2.45, 2.75) is 13.5 Å². The molecule has 0 radical (unpaired) electrons. The van der Waals surface area contributed by atoms with Crippen molar-refractivity contribution >= 4 is 11.6 Å². The SMILES string of the molecule is Cc1cc(CN)cc(O)c1Cl. The van der Waals surface area contributed by atoms with E-state index in [1.807, 2.05) is 13.0 Å². The number of aromatic hydroxyl groups is 1. The van der Waals surface area contributed by atoms with Crippen molar-refractivity contribution in [3.05, 3.63) is 28.3 Å². The van der Waals surface area contributed by atoms with Crippen LogP contribution >= 0.6 is 11.6 Å². The first-order valence-corrected chi connectivity index (χ1v) is 3.71. The summed E-state index contributed by atoms with van der Waals surface area (Å²) in [6.45, 7) is 2.26. The van der Waals surface area contributed by atoms with Gasteiger partial charge in [0.1, 0.15) is 5.75 Å². The second-order valence-corrected chi connectivity index (χ2v) is 2.83. The van der Waals surface area contributed by atoms with E-state index in [0.29, 0.717) is 11.6 Å². The molecule has 0 fully saturated rings. The van der Waals surface area contributed by atoms with Crippen LogP contribution in [0.5, 0.6) is 5.75 Å². The zero-order valence-electron chi connectivity index (χ0n) is 6.26. The van der Waals surface area contributed by atoms with Crippen molar-refractivity contribution in [2.75, 3.05) is 0 Å². The van der Waals surface area contributed by atoms with Crippen LogP contribution in [-0.4, -0.2) is 5.11 Å². The normalized spacial score (nSPS) is 10.1. The molecule has 0 aromatic heterocycles. The van der Waals surface area contributed by atoms with Gasteiger partial charge in [0.25, 0.3) is 0 Å². The quantitative estimate of drug-likeness (QED) is 0.677. The first-order valence-electron chi connectivity index (χ1n) is 3.33. The van der Waals surface area contributed by atoms with Gasteiger partial charge in [-0.05, 0) is 24.1 Å². The van der Waals surface area contributed by atoms with Crippen LogP contribution < -0.4 is 5.73 Å². The van der Waals surface area contributed by atoms with Gasteiger partial charge in [0, 0.05) is 6.54 Å². The van der Waals surface area contributed by atoms with Gasteiger partial charge in [-0.1, -0.05) is 17.7 Å². The number of benzene rings is 1. The lowest BCUT2D eigenvalue weighted by Gasteiger charge is -2.03. The number of phenols is 1. The van der Waals surface area contributed by atoms with Gasteiger partial charge in [0.2, 0.25) is 0 Å². The third-order valence-corrected chi connectivity index (χ3v) is 2.02. The Hall–Kier alpha value is -0.730. The molecule has 0 spiro atoms. The molecule has 3 N–H and O–H groups in total. The molecule has 2 nitrogen and oxygen atoms in total. The molecular formula is C8H10ClNO. The Balaban J connectivity index is 3.21. The molecule has 60 valence electrons. The van der Waals surface area contributed by atoms with E-state index in [2.05, 4.69) is 0 Å². The predicted octanol–water partition coefficient (Wildman–Crippen LogP) is 1.81. The molecule has 1 aromatic carbocycles. The Kier molecular flexibility index (Phi) is 2.37. The minimum absolute atomic E-state index is 0.104. The van der Waals surface area contributed by atoms with Crippen molar-refractivity contribution in [1.29, 1.82) is 0 Å². The summed E-state index contributed by atoms with van der Waals surface area (Å²) < 4.78 is 0. The number of hydrogen-bond donors (Lipinski definition) is 2. The number of rotatable bonds is 1. The van der Waals surface area contributed by atoms with E-state index in [0.717, 1.165) is 11.1 Å². The van der Waals surface area contributed by atoms with E-state index in [1.165, 1.54) is 0 Å². The summed E-state index contributed by atoms with van der Waals surface area (Å²) in [5, 5.41) is 9.63. The highest BCUT2D eigenvalue weighted by atomic mass is 35.5. The summed E-state index contributed by atoms with van der Waals surface area (Å²) in [5.41, 5.74) is 7.13. The van der Waals surface area contributed by atoms with Crippen molar-refractivity contribution in [2.24, 2.45) is 5.73 Å². The summed E-state index contributed by atoms with van der Waals surface area (Å²) in [7, 11) is 0. The molecule has 0 aliphatic carbocycles. The molecule has 1 aromatic rings. The van der Waals surface area contributed by atoms with Gasteiger partial charge in [0.15, 0.2) is 0 Å². The summed E-state index contributed by atoms with van der Waals surface area (Å²) in [6, 6.07) is 3.44. The van der Waals surface area contributed by atoms with Crippen LogP contribution in [0.2, 0.25) is 5.02 Å². The molecule has 0 atom stereocenters. The molecule has 0 saturated heterocycles.